The number of hydrogen-bond donors (Lipinski definition) is 1. The predicted molar refractivity (Wildman–Crippen MR) is 130 cm³/mol. The van der Waals surface area contributed by atoms with E-state index in [1.807, 2.05) is 0 Å². The second-order valence-electron chi connectivity index (χ2n) is 9.38. The lowest BCUT2D eigenvalue weighted by atomic mass is 10.0. The van der Waals surface area contributed by atoms with Crippen molar-refractivity contribution >= 4 is 34.1 Å². The Kier molecular flexibility index (Phi) is 8.79. The van der Waals surface area contributed by atoms with Crippen LogP contribution in [0.25, 0.3) is 0 Å². The molecule has 2 aliphatic rings. The number of nitrogens with zero attached hydrogens (tertiary/aromatic N) is 1. The van der Waals surface area contributed by atoms with Crippen LogP contribution in [0.15, 0.2) is 35.5 Å². The molecule has 2 heterocycles. The van der Waals surface area contributed by atoms with Gasteiger partial charge in [0, 0.05) is 12.7 Å². The number of nitrogens with one attached hydrogen (secondary N) is 1. The number of esters is 1. The Balaban J connectivity index is 2.07. The highest BCUT2D eigenvalue weighted by molar-refractivity contribution is 7.92. The van der Waals surface area contributed by atoms with E-state index in [0.717, 1.165) is 4.90 Å². The van der Waals surface area contributed by atoms with Crippen LogP contribution < -0.4 is 10.1 Å². The third-order valence-corrected chi connectivity index (χ3v) is 7.41. The smallest absolute Gasteiger partial charge is 0.410 e. The van der Waals surface area contributed by atoms with Crippen molar-refractivity contribution < 1.29 is 51.3 Å². The van der Waals surface area contributed by atoms with Gasteiger partial charge in [-0.15, -0.1) is 0 Å². The van der Waals surface area contributed by atoms with Gasteiger partial charge in [-0.25, -0.2) is 18.0 Å². The highest BCUT2D eigenvalue weighted by Gasteiger charge is 2.62. The normalized spacial score (nSPS) is 21.1. The molecule has 0 radical (unpaired) electrons. The van der Waals surface area contributed by atoms with Crippen molar-refractivity contribution in [1.29, 1.82) is 0 Å². The maximum atomic E-state index is 13.3. The van der Waals surface area contributed by atoms with Crippen LogP contribution >= 0.6 is 0 Å². The summed E-state index contributed by atoms with van der Waals surface area (Å²) in [6.07, 6.45) is -3.75. The molecule has 0 aromatic heterocycles. The van der Waals surface area contributed by atoms with E-state index in [0.29, 0.717) is 17.6 Å². The molecule has 2 amide bonds. The molecule has 13 nitrogen and oxygen atoms in total. The molecule has 3 atom stereocenters. The molecule has 0 spiro atoms. The van der Waals surface area contributed by atoms with Crippen LogP contribution in [-0.4, -0.2) is 87.5 Å². The maximum absolute atomic E-state index is 13.3. The number of carbonyl (C=O) groups is 4. The largest absolute Gasteiger partial charge is 0.497 e. The van der Waals surface area contributed by atoms with Gasteiger partial charge in [0.2, 0.25) is 6.29 Å². The summed E-state index contributed by atoms with van der Waals surface area (Å²) in [5.41, 5.74) is -1.13. The van der Waals surface area contributed by atoms with Crippen molar-refractivity contribution in [3.05, 3.63) is 41.1 Å². The minimum absolute atomic E-state index is 0.182. The second-order valence-corrected chi connectivity index (χ2v) is 11.5. The first-order chi connectivity index (χ1) is 17.8. The van der Waals surface area contributed by atoms with Crippen LogP contribution in [0.2, 0.25) is 0 Å². The van der Waals surface area contributed by atoms with Gasteiger partial charge in [0.05, 0.1) is 26.0 Å². The Morgan fingerprint density at radius 1 is 1.18 bits per heavy atom. The third-order valence-electron chi connectivity index (χ3n) is 5.50. The SMILES string of the molecule is COc1ccc(COC(OC(=O)NCC=O)C2=C(C(=O)OC(C)(C)C)N3C(=O)C(OC)C3S(=O)(=O)C2)cc1. The first kappa shape index (κ1) is 29.1. The monoisotopic (exact) mass is 554 g/mol. The van der Waals surface area contributed by atoms with Gasteiger partial charge in [0.15, 0.2) is 21.3 Å². The van der Waals surface area contributed by atoms with Crippen molar-refractivity contribution in [2.45, 2.75) is 50.7 Å². The molecule has 1 fully saturated rings. The Bertz CT molecular complexity index is 1220. The summed E-state index contributed by atoms with van der Waals surface area (Å²) in [6, 6.07) is 6.66. The number of fused-ring (bicyclic) bond motifs is 1. The molecule has 14 heteroatoms. The molecule has 1 aromatic carbocycles. The molecule has 1 saturated heterocycles. The van der Waals surface area contributed by atoms with Gasteiger partial charge in [0.25, 0.3) is 5.91 Å². The van der Waals surface area contributed by atoms with E-state index in [1.165, 1.54) is 14.2 Å². The van der Waals surface area contributed by atoms with Crippen molar-refractivity contribution in [2.75, 3.05) is 26.5 Å². The minimum atomic E-state index is -4.12. The third kappa shape index (κ3) is 6.31. The van der Waals surface area contributed by atoms with Crippen molar-refractivity contribution in [2.24, 2.45) is 0 Å². The number of hydrogen-bond acceptors (Lipinski definition) is 11. The number of methoxy groups -OCH3 is 2. The molecular weight excluding hydrogens is 524 g/mol. The summed E-state index contributed by atoms with van der Waals surface area (Å²) in [6.45, 7) is 4.22. The summed E-state index contributed by atoms with van der Waals surface area (Å²) >= 11 is 0. The van der Waals surface area contributed by atoms with E-state index in [-0.39, 0.29) is 18.7 Å². The Morgan fingerprint density at radius 2 is 1.84 bits per heavy atom. The number of alkyl carbamates (subject to hydrolysis) is 1. The maximum Gasteiger partial charge on any atom is 0.410 e. The van der Waals surface area contributed by atoms with Gasteiger partial charge in [-0.1, -0.05) is 12.1 Å². The van der Waals surface area contributed by atoms with E-state index in [4.69, 9.17) is 23.7 Å². The molecule has 3 unspecified atom stereocenters. The molecule has 0 bridgehead atoms. The summed E-state index contributed by atoms with van der Waals surface area (Å²) in [7, 11) is -1.43. The van der Waals surface area contributed by atoms with Crippen LogP contribution in [0.1, 0.15) is 26.3 Å². The highest BCUT2D eigenvalue weighted by atomic mass is 32.2. The topological polar surface area (TPSA) is 164 Å². The quantitative estimate of drug-likeness (QED) is 0.187. The first-order valence-electron chi connectivity index (χ1n) is 11.5. The van der Waals surface area contributed by atoms with Gasteiger partial charge >= 0.3 is 12.1 Å². The molecule has 1 aromatic rings. The average Bonchev–Trinajstić information content (AvgIpc) is 2.84. The van der Waals surface area contributed by atoms with Crippen molar-refractivity contribution in [1.82, 2.24) is 10.2 Å². The number of carbonyl (C=O) groups excluding carboxylic acids is 4. The molecule has 0 aliphatic carbocycles. The Labute approximate surface area is 219 Å². The molecular formula is C24H30N2O11S. The number of aldehydes is 1. The van der Waals surface area contributed by atoms with Gasteiger partial charge in [-0.3, -0.25) is 9.69 Å². The van der Waals surface area contributed by atoms with E-state index >= 15 is 0 Å². The van der Waals surface area contributed by atoms with E-state index in [9.17, 15) is 27.6 Å². The summed E-state index contributed by atoms with van der Waals surface area (Å²) in [5, 5.41) is 0.702. The van der Waals surface area contributed by atoms with Crippen LogP contribution in [0.3, 0.4) is 0 Å². The lowest BCUT2D eigenvalue weighted by molar-refractivity contribution is -0.168. The van der Waals surface area contributed by atoms with Gasteiger partial charge in [-0.05, 0) is 38.5 Å². The van der Waals surface area contributed by atoms with E-state index < -0.39 is 62.6 Å². The number of ether oxygens (including phenoxy) is 5. The van der Waals surface area contributed by atoms with Gasteiger partial charge in [-0.2, -0.15) is 0 Å². The number of sulfone groups is 1. The molecule has 1 N–H and O–H groups in total. The molecule has 3 rings (SSSR count). The summed E-state index contributed by atoms with van der Waals surface area (Å²) in [4.78, 5) is 50.0. The fourth-order valence-electron chi connectivity index (χ4n) is 3.87. The lowest BCUT2D eigenvalue weighted by Gasteiger charge is -2.49. The van der Waals surface area contributed by atoms with Gasteiger partial charge < -0.3 is 33.8 Å². The molecule has 0 saturated carbocycles. The van der Waals surface area contributed by atoms with Crippen molar-refractivity contribution in [3.63, 3.8) is 0 Å². The fraction of sp³-hybridized carbons (Fsp3) is 0.500. The number of β-lactam (4-membered cyclic amide) rings is 1. The molecule has 2 aliphatic heterocycles. The highest BCUT2D eigenvalue weighted by Crippen LogP contribution is 2.40. The predicted octanol–water partition coefficient (Wildman–Crippen LogP) is 0.671. The van der Waals surface area contributed by atoms with Crippen LogP contribution in [-0.2, 0) is 49.8 Å². The second kappa shape index (κ2) is 11.5. The zero-order valence-corrected chi connectivity index (χ0v) is 22.4. The number of rotatable bonds is 10. The van der Waals surface area contributed by atoms with E-state index in [1.54, 1.807) is 45.0 Å². The Morgan fingerprint density at radius 3 is 2.39 bits per heavy atom. The summed E-state index contributed by atoms with van der Waals surface area (Å²) in [5.74, 6) is -1.99. The minimum Gasteiger partial charge on any atom is -0.497 e. The van der Waals surface area contributed by atoms with Crippen LogP contribution in [0.4, 0.5) is 4.79 Å². The lowest BCUT2D eigenvalue weighted by Crippen LogP contribution is -2.71. The van der Waals surface area contributed by atoms with E-state index in [2.05, 4.69) is 5.32 Å². The summed E-state index contributed by atoms with van der Waals surface area (Å²) < 4.78 is 53.1. The molecule has 208 valence electrons. The Hall–Kier alpha value is -3.49. The number of benzene rings is 1. The zero-order chi connectivity index (χ0) is 28.3. The fourth-order valence-corrected chi connectivity index (χ4v) is 5.88. The van der Waals surface area contributed by atoms with Crippen LogP contribution in [0, 0.1) is 0 Å². The standard InChI is InChI=1S/C24H30N2O11S/c1-24(2,3)37-21(29)17-16(13-38(31,32)20-18(34-5)19(28)26(17)20)22(36-23(30)25-10-11-27)35-12-14-6-8-15(33-4)9-7-14/h6-9,11,18,20,22H,10,12-13H2,1-5H3,(H,25,30). The zero-order valence-electron chi connectivity index (χ0n) is 21.6. The average molecular weight is 555 g/mol. The van der Waals surface area contributed by atoms with Crippen molar-refractivity contribution in [3.8, 4) is 5.75 Å². The molecule has 38 heavy (non-hydrogen) atoms. The first-order valence-corrected chi connectivity index (χ1v) is 13.2. The number of amides is 2. The van der Waals surface area contributed by atoms with Gasteiger partial charge in [0.1, 0.15) is 23.3 Å². The van der Waals surface area contributed by atoms with Crippen LogP contribution in [0.5, 0.6) is 5.75 Å².